The molecule has 2 N–H and O–H groups in total. The number of carbonyl (C=O) groups excluding carboxylic acids is 1. The molecule has 0 fully saturated rings. The van der Waals surface area contributed by atoms with Crippen LogP contribution in [0.5, 0.6) is 0 Å². The van der Waals surface area contributed by atoms with Crippen molar-refractivity contribution < 1.29 is 4.79 Å². The average Bonchev–Trinajstić information content (AvgIpc) is 2.30. The number of nitrogens with one attached hydrogen (secondary N) is 2. The second-order valence-electron chi connectivity index (χ2n) is 4.55. The minimum atomic E-state index is 0.159. The molecular weight excluding hydrogens is 200 g/mol. The van der Waals surface area contributed by atoms with E-state index < -0.39 is 0 Å². The molecule has 0 radical (unpaired) electrons. The molecule has 1 unspecified atom stereocenters. The molecular formula is C13H24N2O. The first-order valence-corrected chi connectivity index (χ1v) is 6.40. The second-order valence-corrected chi connectivity index (χ2v) is 4.55. The zero-order valence-electron chi connectivity index (χ0n) is 10.5. The summed E-state index contributed by atoms with van der Waals surface area (Å²) >= 11 is 0. The number of amides is 1. The van der Waals surface area contributed by atoms with Gasteiger partial charge in [-0.1, -0.05) is 31.9 Å². The summed E-state index contributed by atoms with van der Waals surface area (Å²) in [6.07, 6.45) is 6.43. The predicted octanol–water partition coefficient (Wildman–Crippen LogP) is 1.85. The average molecular weight is 224 g/mol. The molecule has 1 atom stereocenters. The topological polar surface area (TPSA) is 41.1 Å². The number of hydrogen-bond acceptors (Lipinski definition) is 2. The summed E-state index contributed by atoms with van der Waals surface area (Å²) in [5, 5.41) is 6.30. The lowest BCUT2D eigenvalue weighted by Gasteiger charge is -2.15. The molecule has 0 saturated carbocycles. The first kappa shape index (κ1) is 13.2. The molecule has 0 bridgehead atoms. The molecule has 1 aliphatic rings. The van der Waals surface area contributed by atoms with E-state index in [1.165, 1.54) is 5.57 Å². The van der Waals surface area contributed by atoms with Crippen LogP contribution in [-0.2, 0) is 4.79 Å². The van der Waals surface area contributed by atoms with Crippen molar-refractivity contribution in [1.82, 2.24) is 10.6 Å². The van der Waals surface area contributed by atoms with Crippen molar-refractivity contribution in [3.63, 3.8) is 0 Å². The lowest BCUT2D eigenvalue weighted by atomic mass is 10.0. The molecule has 3 heteroatoms. The SMILES string of the molecule is CCCC(C)C(=O)NCCC1=CCNCC1. The van der Waals surface area contributed by atoms with E-state index in [1.54, 1.807) is 0 Å². The zero-order chi connectivity index (χ0) is 11.8. The maximum atomic E-state index is 11.6. The van der Waals surface area contributed by atoms with E-state index >= 15 is 0 Å². The van der Waals surface area contributed by atoms with Gasteiger partial charge < -0.3 is 10.6 Å². The summed E-state index contributed by atoms with van der Waals surface area (Å²) in [5.74, 6) is 0.364. The number of carbonyl (C=O) groups is 1. The zero-order valence-corrected chi connectivity index (χ0v) is 10.5. The fourth-order valence-corrected chi connectivity index (χ4v) is 1.98. The highest BCUT2D eigenvalue weighted by Crippen LogP contribution is 2.09. The smallest absolute Gasteiger partial charge is 0.222 e. The molecule has 16 heavy (non-hydrogen) atoms. The summed E-state index contributed by atoms with van der Waals surface area (Å²) in [6.45, 7) is 6.96. The van der Waals surface area contributed by atoms with Gasteiger partial charge in [0.15, 0.2) is 0 Å². The fourth-order valence-electron chi connectivity index (χ4n) is 1.98. The third-order valence-corrected chi connectivity index (χ3v) is 3.07. The van der Waals surface area contributed by atoms with Crippen molar-refractivity contribution in [2.75, 3.05) is 19.6 Å². The molecule has 3 nitrogen and oxygen atoms in total. The van der Waals surface area contributed by atoms with Gasteiger partial charge >= 0.3 is 0 Å². The van der Waals surface area contributed by atoms with Gasteiger partial charge in [-0.15, -0.1) is 0 Å². The quantitative estimate of drug-likeness (QED) is 0.676. The molecule has 0 aliphatic carbocycles. The summed E-state index contributed by atoms with van der Waals surface area (Å²) in [7, 11) is 0. The maximum absolute atomic E-state index is 11.6. The highest BCUT2D eigenvalue weighted by molar-refractivity contribution is 5.78. The van der Waals surface area contributed by atoms with Gasteiger partial charge in [0.05, 0.1) is 0 Å². The Balaban J connectivity index is 2.14. The van der Waals surface area contributed by atoms with E-state index in [0.717, 1.165) is 45.3 Å². The molecule has 92 valence electrons. The van der Waals surface area contributed by atoms with Crippen molar-refractivity contribution in [3.05, 3.63) is 11.6 Å². The van der Waals surface area contributed by atoms with Crippen molar-refractivity contribution in [2.45, 2.75) is 39.5 Å². The molecule has 1 amide bonds. The standard InChI is InChI=1S/C13H24N2O/c1-3-4-11(2)13(16)15-10-7-12-5-8-14-9-6-12/h5,11,14H,3-4,6-10H2,1-2H3,(H,15,16). The largest absolute Gasteiger partial charge is 0.356 e. The van der Waals surface area contributed by atoms with E-state index in [1.807, 2.05) is 6.92 Å². The Kier molecular flexibility index (Phi) is 6.16. The molecule has 1 aliphatic heterocycles. The summed E-state index contributed by atoms with van der Waals surface area (Å²) in [5.41, 5.74) is 1.47. The minimum absolute atomic E-state index is 0.159. The van der Waals surface area contributed by atoms with E-state index in [9.17, 15) is 4.79 Å². The van der Waals surface area contributed by atoms with Gasteiger partial charge in [-0.3, -0.25) is 4.79 Å². The van der Waals surface area contributed by atoms with Gasteiger partial charge in [0.1, 0.15) is 0 Å². The monoisotopic (exact) mass is 224 g/mol. The van der Waals surface area contributed by atoms with Crippen molar-refractivity contribution in [2.24, 2.45) is 5.92 Å². The lowest BCUT2D eigenvalue weighted by molar-refractivity contribution is -0.124. The Labute approximate surface area is 98.7 Å². The molecule has 0 aromatic heterocycles. The highest BCUT2D eigenvalue weighted by atomic mass is 16.1. The lowest BCUT2D eigenvalue weighted by Crippen LogP contribution is -2.30. The Morgan fingerprint density at radius 1 is 1.62 bits per heavy atom. The highest BCUT2D eigenvalue weighted by Gasteiger charge is 2.11. The Hall–Kier alpha value is -0.830. The van der Waals surface area contributed by atoms with Gasteiger partial charge in [0, 0.05) is 19.0 Å². The van der Waals surface area contributed by atoms with Crippen LogP contribution in [0.1, 0.15) is 39.5 Å². The third kappa shape index (κ3) is 4.79. The van der Waals surface area contributed by atoms with Crippen LogP contribution >= 0.6 is 0 Å². The number of hydrogen-bond donors (Lipinski definition) is 2. The summed E-state index contributed by atoms with van der Waals surface area (Å²) < 4.78 is 0. The van der Waals surface area contributed by atoms with Gasteiger partial charge in [-0.2, -0.15) is 0 Å². The van der Waals surface area contributed by atoms with Crippen LogP contribution in [0.15, 0.2) is 11.6 Å². The summed E-state index contributed by atoms with van der Waals surface area (Å²) in [6, 6.07) is 0. The van der Waals surface area contributed by atoms with Crippen molar-refractivity contribution in [3.8, 4) is 0 Å². The van der Waals surface area contributed by atoms with E-state index in [2.05, 4.69) is 23.6 Å². The molecule has 0 spiro atoms. The van der Waals surface area contributed by atoms with Crippen LogP contribution in [0.3, 0.4) is 0 Å². The molecule has 0 aromatic rings. The molecule has 1 rings (SSSR count). The van der Waals surface area contributed by atoms with Gasteiger partial charge in [0.2, 0.25) is 5.91 Å². The van der Waals surface area contributed by atoms with E-state index in [-0.39, 0.29) is 11.8 Å². The second kappa shape index (κ2) is 7.44. The van der Waals surface area contributed by atoms with Crippen LogP contribution in [-0.4, -0.2) is 25.5 Å². The first-order valence-electron chi connectivity index (χ1n) is 6.40. The van der Waals surface area contributed by atoms with Crippen LogP contribution in [0, 0.1) is 5.92 Å². The van der Waals surface area contributed by atoms with Gasteiger partial charge in [-0.05, 0) is 25.8 Å². The van der Waals surface area contributed by atoms with Crippen LogP contribution < -0.4 is 10.6 Å². The summed E-state index contributed by atoms with van der Waals surface area (Å²) in [4.78, 5) is 11.6. The van der Waals surface area contributed by atoms with Gasteiger partial charge in [-0.25, -0.2) is 0 Å². The fraction of sp³-hybridized carbons (Fsp3) is 0.769. The first-order chi connectivity index (χ1) is 7.74. The maximum Gasteiger partial charge on any atom is 0.222 e. The Morgan fingerprint density at radius 3 is 3.06 bits per heavy atom. The molecule has 0 saturated heterocycles. The Morgan fingerprint density at radius 2 is 2.44 bits per heavy atom. The van der Waals surface area contributed by atoms with Crippen LogP contribution in [0.2, 0.25) is 0 Å². The van der Waals surface area contributed by atoms with E-state index in [4.69, 9.17) is 0 Å². The third-order valence-electron chi connectivity index (χ3n) is 3.07. The molecule has 0 aromatic carbocycles. The van der Waals surface area contributed by atoms with Crippen LogP contribution in [0.25, 0.3) is 0 Å². The minimum Gasteiger partial charge on any atom is -0.356 e. The Bertz CT molecular complexity index is 248. The van der Waals surface area contributed by atoms with Crippen LogP contribution in [0.4, 0.5) is 0 Å². The van der Waals surface area contributed by atoms with Gasteiger partial charge in [0.25, 0.3) is 0 Å². The van der Waals surface area contributed by atoms with Crippen molar-refractivity contribution >= 4 is 5.91 Å². The van der Waals surface area contributed by atoms with Crippen molar-refractivity contribution in [1.29, 1.82) is 0 Å². The normalized spacial score (nSPS) is 17.8. The number of rotatable bonds is 6. The molecule has 1 heterocycles. The predicted molar refractivity (Wildman–Crippen MR) is 67.3 cm³/mol. The van der Waals surface area contributed by atoms with E-state index in [0.29, 0.717) is 0 Å².